The average molecular weight is 235 g/mol. The maximum absolute atomic E-state index is 12.0. The van der Waals surface area contributed by atoms with Crippen LogP contribution in [0, 0.1) is 0 Å². The van der Waals surface area contributed by atoms with Crippen molar-refractivity contribution in [2.75, 3.05) is 13.1 Å². The van der Waals surface area contributed by atoms with Crippen LogP contribution in [0.3, 0.4) is 0 Å². The van der Waals surface area contributed by atoms with Gasteiger partial charge < -0.3 is 15.6 Å². The second kappa shape index (κ2) is 4.71. The first kappa shape index (κ1) is 11.9. The monoisotopic (exact) mass is 235 g/mol. The number of aromatic nitrogens is 1. The summed E-state index contributed by atoms with van der Waals surface area (Å²) in [4.78, 5) is 25.6. The van der Waals surface area contributed by atoms with E-state index in [0.717, 1.165) is 25.9 Å². The van der Waals surface area contributed by atoms with Gasteiger partial charge in [-0.15, -0.1) is 0 Å². The van der Waals surface area contributed by atoms with Crippen molar-refractivity contribution < 1.29 is 4.79 Å². The molecular weight excluding hydrogens is 218 g/mol. The van der Waals surface area contributed by atoms with E-state index in [2.05, 4.69) is 15.6 Å². The summed E-state index contributed by atoms with van der Waals surface area (Å²) in [5.74, 6) is -0.216. The maximum Gasteiger partial charge on any atom is 0.268 e. The average Bonchev–Trinajstić information content (AvgIpc) is 2.29. The summed E-state index contributed by atoms with van der Waals surface area (Å²) < 4.78 is 0. The van der Waals surface area contributed by atoms with Crippen LogP contribution in [0.1, 0.15) is 30.3 Å². The summed E-state index contributed by atoms with van der Waals surface area (Å²) in [6.45, 7) is 3.84. The summed E-state index contributed by atoms with van der Waals surface area (Å²) >= 11 is 0. The van der Waals surface area contributed by atoms with E-state index in [1.54, 1.807) is 12.1 Å². The third-order valence-electron chi connectivity index (χ3n) is 3.14. The van der Waals surface area contributed by atoms with Gasteiger partial charge in [0.15, 0.2) is 0 Å². The van der Waals surface area contributed by atoms with Gasteiger partial charge in [-0.1, -0.05) is 6.07 Å². The summed E-state index contributed by atoms with van der Waals surface area (Å²) in [6.07, 6.45) is 1.80. The van der Waals surface area contributed by atoms with Crippen molar-refractivity contribution in [3.63, 3.8) is 0 Å². The summed E-state index contributed by atoms with van der Waals surface area (Å²) in [5.41, 5.74) is -0.125. The summed E-state index contributed by atoms with van der Waals surface area (Å²) in [7, 11) is 0. The number of H-pyrrole nitrogens is 1. The molecule has 17 heavy (non-hydrogen) atoms. The first-order valence-electron chi connectivity index (χ1n) is 5.82. The third kappa shape index (κ3) is 2.94. The molecular formula is C12H17N3O2. The SMILES string of the molecule is CC1(NC(=O)c2cccc(=O)[nH]2)CCNCC1. The number of hydrogen-bond donors (Lipinski definition) is 3. The topological polar surface area (TPSA) is 74.0 Å². The van der Waals surface area contributed by atoms with Crippen molar-refractivity contribution in [1.82, 2.24) is 15.6 Å². The Morgan fingerprint density at radius 2 is 2.06 bits per heavy atom. The van der Waals surface area contributed by atoms with Crippen molar-refractivity contribution in [3.8, 4) is 0 Å². The summed E-state index contributed by atoms with van der Waals surface area (Å²) in [6, 6.07) is 4.59. The van der Waals surface area contributed by atoms with E-state index in [4.69, 9.17) is 0 Å². The molecule has 0 unspecified atom stereocenters. The van der Waals surface area contributed by atoms with Gasteiger partial charge in [-0.2, -0.15) is 0 Å². The Labute approximate surface area is 99.6 Å². The lowest BCUT2D eigenvalue weighted by Crippen LogP contribution is -2.52. The van der Waals surface area contributed by atoms with Gasteiger partial charge in [-0.3, -0.25) is 9.59 Å². The molecule has 1 saturated heterocycles. The normalized spacial score (nSPS) is 18.6. The van der Waals surface area contributed by atoms with Crippen LogP contribution in [-0.2, 0) is 0 Å². The molecule has 2 heterocycles. The summed E-state index contributed by atoms with van der Waals surface area (Å²) in [5, 5.41) is 6.24. The van der Waals surface area contributed by atoms with E-state index < -0.39 is 0 Å². The number of hydrogen-bond acceptors (Lipinski definition) is 3. The van der Waals surface area contributed by atoms with Gasteiger partial charge in [-0.05, 0) is 38.9 Å². The van der Waals surface area contributed by atoms with Crippen molar-refractivity contribution in [2.45, 2.75) is 25.3 Å². The molecule has 5 heteroatoms. The fourth-order valence-electron chi connectivity index (χ4n) is 2.03. The molecule has 1 aliphatic heterocycles. The molecule has 92 valence electrons. The Morgan fingerprint density at radius 3 is 2.71 bits per heavy atom. The predicted molar refractivity (Wildman–Crippen MR) is 65.0 cm³/mol. The Bertz CT molecular complexity index is 461. The molecule has 0 spiro atoms. The molecule has 1 aromatic rings. The minimum absolute atomic E-state index is 0.185. The van der Waals surface area contributed by atoms with Crippen LogP contribution in [-0.4, -0.2) is 29.5 Å². The van der Waals surface area contributed by atoms with E-state index in [1.807, 2.05) is 6.92 Å². The fourth-order valence-corrected chi connectivity index (χ4v) is 2.03. The zero-order valence-electron chi connectivity index (χ0n) is 9.88. The highest BCUT2D eigenvalue weighted by Gasteiger charge is 2.28. The van der Waals surface area contributed by atoms with Crippen LogP contribution in [0.2, 0.25) is 0 Å². The largest absolute Gasteiger partial charge is 0.346 e. The minimum Gasteiger partial charge on any atom is -0.346 e. The van der Waals surface area contributed by atoms with Crippen LogP contribution < -0.4 is 16.2 Å². The Balaban J connectivity index is 2.08. The van der Waals surface area contributed by atoms with Gasteiger partial charge in [0.05, 0.1) is 0 Å². The quantitative estimate of drug-likeness (QED) is 0.687. The second-order valence-corrected chi connectivity index (χ2v) is 4.69. The van der Waals surface area contributed by atoms with Gasteiger partial charge in [0.25, 0.3) is 5.91 Å². The highest BCUT2D eigenvalue weighted by Crippen LogP contribution is 2.17. The van der Waals surface area contributed by atoms with E-state index in [-0.39, 0.29) is 17.0 Å². The number of carbonyl (C=O) groups is 1. The number of rotatable bonds is 2. The van der Waals surface area contributed by atoms with Crippen LogP contribution >= 0.6 is 0 Å². The molecule has 1 fully saturated rings. The lowest BCUT2D eigenvalue weighted by molar-refractivity contribution is 0.0882. The van der Waals surface area contributed by atoms with Crippen LogP contribution in [0.5, 0.6) is 0 Å². The van der Waals surface area contributed by atoms with E-state index in [9.17, 15) is 9.59 Å². The van der Waals surface area contributed by atoms with E-state index in [1.165, 1.54) is 6.07 Å². The fraction of sp³-hybridized carbons (Fsp3) is 0.500. The van der Waals surface area contributed by atoms with E-state index >= 15 is 0 Å². The molecule has 0 atom stereocenters. The van der Waals surface area contributed by atoms with E-state index in [0.29, 0.717) is 5.69 Å². The van der Waals surface area contributed by atoms with Crippen LogP contribution in [0.25, 0.3) is 0 Å². The Kier molecular flexibility index (Phi) is 3.28. The molecule has 3 N–H and O–H groups in total. The van der Waals surface area contributed by atoms with Gasteiger partial charge in [0.1, 0.15) is 5.69 Å². The van der Waals surface area contributed by atoms with Gasteiger partial charge >= 0.3 is 0 Å². The number of carbonyl (C=O) groups excluding carboxylic acids is 1. The lowest BCUT2D eigenvalue weighted by Gasteiger charge is -2.34. The van der Waals surface area contributed by atoms with Crippen molar-refractivity contribution in [1.29, 1.82) is 0 Å². The molecule has 0 bridgehead atoms. The van der Waals surface area contributed by atoms with Crippen molar-refractivity contribution in [2.24, 2.45) is 0 Å². The lowest BCUT2D eigenvalue weighted by atomic mass is 9.90. The highest BCUT2D eigenvalue weighted by atomic mass is 16.2. The number of nitrogens with one attached hydrogen (secondary N) is 3. The number of piperidine rings is 1. The molecule has 1 aliphatic rings. The van der Waals surface area contributed by atoms with Crippen molar-refractivity contribution >= 4 is 5.91 Å². The minimum atomic E-state index is -0.256. The molecule has 2 rings (SSSR count). The molecule has 0 saturated carbocycles. The van der Waals surface area contributed by atoms with Gasteiger partial charge in [0, 0.05) is 11.6 Å². The van der Waals surface area contributed by atoms with Gasteiger partial charge in [-0.25, -0.2) is 0 Å². The first-order chi connectivity index (χ1) is 8.09. The standard InChI is InChI=1S/C12H17N3O2/c1-12(5-7-13-8-6-12)15-11(17)9-3-2-4-10(16)14-9/h2-4,13H,5-8H2,1H3,(H,14,16)(H,15,17). The molecule has 0 aromatic carbocycles. The second-order valence-electron chi connectivity index (χ2n) is 4.69. The van der Waals surface area contributed by atoms with Crippen molar-refractivity contribution in [3.05, 3.63) is 34.2 Å². The molecule has 1 aromatic heterocycles. The third-order valence-corrected chi connectivity index (χ3v) is 3.14. The Hall–Kier alpha value is -1.62. The molecule has 5 nitrogen and oxygen atoms in total. The predicted octanol–water partition coefficient (Wildman–Crippen LogP) is 0.247. The molecule has 0 aliphatic carbocycles. The first-order valence-corrected chi connectivity index (χ1v) is 5.82. The molecule has 1 amide bonds. The number of pyridine rings is 1. The van der Waals surface area contributed by atoms with Crippen LogP contribution in [0.15, 0.2) is 23.0 Å². The number of amides is 1. The smallest absolute Gasteiger partial charge is 0.268 e. The zero-order valence-corrected chi connectivity index (χ0v) is 9.88. The molecule has 0 radical (unpaired) electrons. The van der Waals surface area contributed by atoms with Crippen LogP contribution in [0.4, 0.5) is 0 Å². The highest BCUT2D eigenvalue weighted by molar-refractivity contribution is 5.92. The number of aromatic amines is 1. The Morgan fingerprint density at radius 1 is 1.35 bits per heavy atom. The zero-order chi connectivity index (χ0) is 12.3. The van der Waals surface area contributed by atoms with Gasteiger partial charge in [0.2, 0.25) is 5.56 Å². The maximum atomic E-state index is 12.0.